The van der Waals surface area contributed by atoms with E-state index >= 15 is 0 Å². The van der Waals surface area contributed by atoms with Gasteiger partial charge in [-0.15, -0.1) is 0 Å². The van der Waals surface area contributed by atoms with E-state index in [1.165, 1.54) is 16.7 Å². The van der Waals surface area contributed by atoms with Crippen molar-refractivity contribution in [3.05, 3.63) is 58.7 Å². The molecule has 0 radical (unpaired) electrons. The minimum Gasteiger partial charge on any atom is -0.0804 e. The van der Waals surface area contributed by atoms with Crippen LogP contribution in [0.5, 0.6) is 0 Å². The molecule has 3 rings (SSSR count). The van der Waals surface area contributed by atoms with Crippen molar-refractivity contribution < 1.29 is 0 Å². The first-order valence-corrected chi connectivity index (χ1v) is 6.46. The highest BCUT2D eigenvalue weighted by atomic mass is 14.5. The molecule has 0 fully saturated rings. The second kappa shape index (κ2) is 3.13. The molecule has 1 atom stereocenters. The van der Waals surface area contributed by atoms with E-state index in [1.807, 2.05) is 0 Å². The Morgan fingerprint density at radius 1 is 1.00 bits per heavy atom. The fourth-order valence-electron chi connectivity index (χ4n) is 3.70. The van der Waals surface area contributed by atoms with Gasteiger partial charge in [-0.3, -0.25) is 0 Å². The summed E-state index contributed by atoms with van der Waals surface area (Å²) < 4.78 is 0. The Bertz CT molecular complexity index is 543. The van der Waals surface area contributed by atoms with Gasteiger partial charge in [0.25, 0.3) is 0 Å². The second-order valence-corrected chi connectivity index (χ2v) is 6.21. The zero-order valence-electron chi connectivity index (χ0n) is 11.2. The Morgan fingerprint density at radius 2 is 1.65 bits per heavy atom. The molecule has 0 amide bonds. The zero-order chi connectivity index (χ0) is 12.3. The van der Waals surface area contributed by atoms with Crippen LogP contribution in [0.15, 0.2) is 47.6 Å². The Kier molecular flexibility index (Phi) is 1.99. The summed E-state index contributed by atoms with van der Waals surface area (Å²) in [4.78, 5) is 0. The van der Waals surface area contributed by atoms with Crippen molar-refractivity contribution in [2.75, 3.05) is 0 Å². The van der Waals surface area contributed by atoms with Crippen LogP contribution in [0, 0.1) is 0 Å². The first-order valence-electron chi connectivity index (χ1n) is 6.46. The van der Waals surface area contributed by atoms with E-state index in [0.717, 1.165) is 6.42 Å². The van der Waals surface area contributed by atoms with E-state index in [-0.39, 0.29) is 10.8 Å². The van der Waals surface area contributed by atoms with Gasteiger partial charge in [0.2, 0.25) is 0 Å². The molecule has 0 heteroatoms. The van der Waals surface area contributed by atoms with Crippen molar-refractivity contribution in [3.8, 4) is 0 Å². The summed E-state index contributed by atoms with van der Waals surface area (Å²) in [6.45, 7) is 9.34. The molecule has 1 unspecified atom stereocenters. The Morgan fingerprint density at radius 3 is 2.35 bits per heavy atom. The largest absolute Gasteiger partial charge is 0.0804 e. The van der Waals surface area contributed by atoms with Crippen molar-refractivity contribution in [2.24, 2.45) is 0 Å². The summed E-state index contributed by atoms with van der Waals surface area (Å²) in [6, 6.07) is 8.96. The molecule has 0 bridgehead atoms. The number of allylic oxidation sites excluding steroid dienone is 4. The molecule has 0 N–H and O–H groups in total. The van der Waals surface area contributed by atoms with E-state index in [1.54, 1.807) is 5.57 Å². The van der Waals surface area contributed by atoms with E-state index in [0.29, 0.717) is 0 Å². The average molecular weight is 224 g/mol. The highest BCUT2D eigenvalue weighted by Crippen LogP contribution is 2.56. The van der Waals surface area contributed by atoms with Gasteiger partial charge in [-0.1, -0.05) is 62.8 Å². The molecule has 2 aliphatic carbocycles. The van der Waals surface area contributed by atoms with Crippen molar-refractivity contribution >= 4 is 0 Å². The SMILES string of the molecule is CC1=CCC2(C)C(=C1)C(C)(C)c1ccccc12. The van der Waals surface area contributed by atoms with Crippen LogP contribution in [0.25, 0.3) is 0 Å². The standard InChI is InChI=1S/C17H20/c1-12-9-10-17(4)14-8-6-5-7-13(14)16(2,3)15(17)11-12/h5-9,11H,10H2,1-4H3. The van der Waals surface area contributed by atoms with Crippen LogP contribution in [0.4, 0.5) is 0 Å². The van der Waals surface area contributed by atoms with Crippen molar-refractivity contribution in [3.63, 3.8) is 0 Å². The molecule has 0 saturated heterocycles. The molecular formula is C17H20. The molecule has 0 spiro atoms. The average Bonchev–Trinajstić information content (AvgIpc) is 2.48. The van der Waals surface area contributed by atoms with Crippen molar-refractivity contribution in [2.45, 2.75) is 44.9 Å². The van der Waals surface area contributed by atoms with Gasteiger partial charge in [-0.05, 0) is 30.0 Å². The minimum atomic E-state index is 0.181. The third-order valence-corrected chi connectivity index (χ3v) is 4.67. The van der Waals surface area contributed by atoms with E-state index in [2.05, 4.69) is 64.1 Å². The molecule has 88 valence electrons. The van der Waals surface area contributed by atoms with Crippen molar-refractivity contribution in [1.29, 1.82) is 0 Å². The summed E-state index contributed by atoms with van der Waals surface area (Å²) in [5, 5.41) is 0. The normalized spacial score (nSPS) is 29.2. The molecular weight excluding hydrogens is 204 g/mol. The molecule has 1 aromatic carbocycles. The number of rotatable bonds is 0. The van der Waals surface area contributed by atoms with Crippen LogP contribution >= 0.6 is 0 Å². The molecule has 2 aliphatic rings. The van der Waals surface area contributed by atoms with Gasteiger partial charge in [0.05, 0.1) is 0 Å². The van der Waals surface area contributed by atoms with Gasteiger partial charge in [-0.25, -0.2) is 0 Å². The van der Waals surface area contributed by atoms with E-state index in [9.17, 15) is 0 Å². The first-order chi connectivity index (χ1) is 7.96. The number of fused-ring (bicyclic) bond motifs is 3. The molecule has 0 aromatic heterocycles. The number of hydrogen-bond acceptors (Lipinski definition) is 0. The number of hydrogen-bond donors (Lipinski definition) is 0. The van der Waals surface area contributed by atoms with Gasteiger partial charge >= 0.3 is 0 Å². The van der Waals surface area contributed by atoms with Gasteiger partial charge in [0, 0.05) is 10.8 Å². The molecule has 1 aromatic rings. The summed E-state index contributed by atoms with van der Waals surface area (Å²) in [5.41, 5.74) is 6.45. The Balaban J connectivity index is 2.32. The highest BCUT2D eigenvalue weighted by molar-refractivity contribution is 5.60. The zero-order valence-corrected chi connectivity index (χ0v) is 11.2. The Labute approximate surface area is 104 Å². The smallest absolute Gasteiger partial charge is 0.0183 e. The topological polar surface area (TPSA) is 0 Å². The van der Waals surface area contributed by atoms with Crippen LogP contribution < -0.4 is 0 Å². The third-order valence-electron chi connectivity index (χ3n) is 4.67. The summed E-state index contributed by atoms with van der Waals surface area (Å²) in [7, 11) is 0. The molecule has 17 heavy (non-hydrogen) atoms. The van der Waals surface area contributed by atoms with Crippen molar-refractivity contribution in [1.82, 2.24) is 0 Å². The van der Waals surface area contributed by atoms with Crippen LogP contribution in [0.1, 0.15) is 45.2 Å². The maximum absolute atomic E-state index is 2.41. The van der Waals surface area contributed by atoms with E-state index < -0.39 is 0 Å². The van der Waals surface area contributed by atoms with E-state index in [4.69, 9.17) is 0 Å². The third kappa shape index (κ3) is 1.24. The van der Waals surface area contributed by atoms with Crippen LogP contribution in [0.3, 0.4) is 0 Å². The van der Waals surface area contributed by atoms with Gasteiger partial charge in [-0.2, -0.15) is 0 Å². The minimum absolute atomic E-state index is 0.181. The maximum Gasteiger partial charge on any atom is 0.0183 e. The lowest BCUT2D eigenvalue weighted by molar-refractivity contribution is 0.509. The predicted octanol–water partition coefficient (Wildman–Crippen LogP) is 4.51. The van der Waals surface area contributed by atoms with Crippen LogP contribution in [-0.4, -0.2) is 0 Å². The summed E-state index contributed by atoms with van der Waals surface area (Å²) in [5.74, 6) is 0. The van der Waals surface area contributed by atoms with Crippen LogP contribution in [0.2, 0.25) is 0 Å². The van der Waals surface area contributed by atoms with Gasteiger partial charge < -0.3 is 0 Å². The molecule has 0 heterocycles. The fourth-order valence-corrected chi connectivity index (χ4v) is 3.70. The Hall–Kier alpha value is -1.30. The summed E-state index contributed by atoms with van der Waals surface area (Å²) >= 11 is 0. The maximum atomic E-state index is 2.41. The van der Waals surface area contributed by atoms with Gasteiger partial charge in [0.15, 0.2) is 0 Å². The van der Waals surface area contributed by atoms with Gasteiger partial charge in [0.1, 0.15) is 0 Å². The molecule has 0 aliphatic heterocycles. The quantitative estimate of drug-likeness (QED) is 0.608. The lowest BCUT2D eigenvalue weighted by Gasteiger charge is -2.34. The summed E-state index contributed by atoms with van der Waals surface area (Å²) in [6.07, 6.45) is 5.93. The lowest BCUT2D eigenvalue weighted by Crippen LogP contribution is -2.27. The number of benzene rings is 1. The predicted molar refractivity (Wildman–Crippen MR) is 73.3 cm³/mol. The highest BCUT2D eigenvalue weighted by Gasteiger charge is 2.49. The second-order valence-electron chi connectivity index (χ2n) is 6.21. The molecule has 0 saturated carbocycles. The first kappa shape index (κ1) is 10.8. The van der Waals surface area contributed by atoms with Crippen LogP contribution in [-0.2, 0) is 10.8 Å². The molecule has 0 nitrogen and oxygen atoms in total. The monoisotopic (exact) mass is 224 g/mol. The fraction of sp³-hybridized carbons (Fsp3) is 0.412. The lowest BCUT2D eigenvalue weighted by atomic mass is 9.69.